The smallest absolute Gasteiger partial charge is 0.326 e. The van der Waals surface area contributed by atoms with E-state index < -0.39 is 6.04 Å². The molecule has 5 nitrogen and oxygen atoms in total. The van der Waals surface area contributed by atoms with Crippen LogP contribution in [0.4, 0.5) is 0 Å². The van der Waals surface area contributed by atoms with Crippen LogP contribution >= 0.6 is 0 Å². The summed E-state index contributed by atoms with van der Waals surface area (Å²) in [5, 5.41) is 3.25. The van der Waals surface area contributed by atoms with Crippen molar-refractivity contribution >= 4 is 5.97 Å². The third-order valence-corrected chi connectivity index (χ3v) is 3.12. The maximum atomic E-state index is 11.9. The zero-order valence-electron chi connectivity index (χ0n) is 12.6. The van der Waals surface area contributed by atoms with Crippen LogP contribution in [-0.2, 0) is 9.53 Å². The van der Waals surface area contributed by atoms with Crippen LogP contribution in [0.3, 0.4) is 0 Å². The average Bonchev–Trinajstić information content (AvgIpc) is 3.28. The SMILES string of the molecule is CCOC(=O)C(COc1cccc(OCC)c1)NC1CC1. The molecule has 0 radical (unpaired) electrons. The number of nitrogens with one attached hydrogen (secondary N) is 1. The van der Waals surface area contributed by atoms with Crippen molar-refractivity contribution < 1.29 is 19.0 Å². The van der Waals surface area contributed by atoms with Gasteiger partial charge in [-0.15, -0.1) is 0 Å². The molecular formula is C16H23NO4. The van der Waals surface area contributed by atoms with E-state index in [1.165, 1.54) is 0 Å². The first-order valence-corrected chi connectivity index (χ1v) is 7.51. The highest BCUT2D eigenvalue weighted by Gasteiger charge is 2.29. The molecule has 0 saturated heterocycles. The van der Waals surface area contributed by atoms with Gasteiger partial charge in [0.05, 0.1) is 13.2 Å². The number of ether oxygens (including phenoxy) is 3. The highest BCUT2D eigenvalue weighted by molar-refractivity contribution is 5.76. The summed E-state index contributed by atoms with van der Waals surface area (Å²) < 4.78 is 16.2. The molecule has 0 aromatic heterocycles. The summed E-state index contributed by atoms with van der Waals surface area (Å²) in [4.78, 5) is 11.9. The number of rotatable bonds is 9. The lowest BCUT2D eigenvalue weighted by molar-refractivity contribution is -0.146. The summed E-state index contributed by atoms with van der Waals surface area (Å²) in [7, 11) is 0. The lowest BCUT2D eigenvalue weighted by atomic mass is 10.3. The van der Waals surface area contributed by atoms with E-state index in [1.54, 1.807) is 6.92 Å². The Kier molecular flexibility index (Phi) is 5.87. The van der Waals surface area contributed by atoms with Crippen molar-refractivity contribution in [1.82, 2.24) is 5.32 Å². The van der Waals surface area contributed by atoms with E-state index in [-0.39, 0.29) is 12.6 Å². The largest absolute Gasteiger partial charge is 0.494 e. The molecule has 2 rings (SSSR count). The minimum absolute atomic E-state index is 0.255. The molecule has 1 fully saturated rings. The number of hydrogen-bond acceptors (Lipinski definition) is 5. The predicted octanol–water partition coefficient (Wildman–Crippen LogP) is 2.15. The first kappa shape index (κ1) is 15.6. The maximum absolute atomic E-state index is 11.9. The van der Waals surface area contributed by atoms with Gasteiger partial charge in [-0.05, 0) is 38.8 Å². The van der Waals surface area contributed by atoms with Gasteiger partial charge in [0.15, 0.2) is 0 Å². The van der Waals surface area contributed by atoms with Crippen molar-refractivity contribution in [2.45, 2.75) is 38.8 Å². The van der Waals surface area contributed by atoms with Crippen LogP contribution in [0, 0.1) is 0 Å². The van der Waals surface area contributed by atoms with Gasteiger partial charge in [0.1, 0.15) is 24.1 Å². The molecule has 1 unspecified atom stereocenters. The van der Waals surface area contributed by atoms with Crippen LogP contribution in [0.5, 0.6) is 11.5 Å². The van der Waals surface area contributed by atoms with E-state index in [1.807, 2.05) is 31.2 Å². The summed E-state index contributed by atoms with van der Waals surface area (Å²) in [5.41, 5.74) is 0. The van der Waals surface area contributed by atoms with Crippen LogP contribution in [0.25, 0.3) is 0 Å². The second-order valence-electron chi connectivity index (χ2n) is 4.96. The molecule has 1 aromatic carbocycles. The van der Waals surface area contributed by atoms with E-state index in [0.717, 1.165) is 18.6 Å². The molecule has 1 saturated carbocycles. The second-order valence-corrected chi connectivity index (χ2v) is 4.96. The summed E-state index contributed by atoms with van der Waals surface area (Å²) in [5.74, 6) is 1.19. The number of hydrogen-bond donors (Lipinski definition) is 1. The van der Waals surface area contributed by atoms with E-state index in [2.05, 4.69) is 5.32 Å². The Hall–Kier alpha value is -1.75. The fraction of sp³-hybridized carbons (Fsp3) is 0.562. The Bertz CT molecular complexity index is 459. The van der Waals surface area contributed by atoms with Gasteiger partial charge in [-0.25, -0.2) is 0 Å². The quantitative estimate of drug-likeness (QED) is 0.707. The van der Waals surface area contributed by atoms with Gasteiger partial charge >= 0.3 is 5.97 Å². The van der Waals surface area contributed by atoms with Crippen LogP contribution in [0.2, 0.25) is 0 Å². The van der Waals surface area contributed by atoms with Crippen molar-refractivity contribution in [2.75, 3.05) is 19.8 Å². The van der Waals surface area contributed by atoms with Gasteiger partial charge in [-0.3, -0.25) is 10.1 Å². The Morgan fingerprint density at radius 1 is 1.24 bits per heavy atom. The molecule has 1 N–H and O–H groups in total. The van der Waals surface area contributed by atoms with Crippen LogP contribution in [0.15, 0.2) is 24.3 Å². The molecule has 1 aliphatic rings. The minimum Gasteiger partial charge on any atom is -0.494 e. The summed E-state index contributed by atoms with van der Waals surface area (Å²) in [6.45, 7) is 4.98. The van der Waals surface area contributed by atoms with Crippen molar-refractivity contribution in [3.8, 4) is 11.5 Å². The molecule has 116 valence electrons. The molecule has 1 atom stereocenters. The standard InChI is InChI=1S/C16H23NO4/c1-3-19-13-6-5-7-14(10-13)21-11-15(16(18)20-4-2)17-12-8-9-12/h5-7,10,12,15,17H,3-4,8-9,11H2,1-2H3. The van der Waals surface area contributed by atoms with Gasteiger partial charge < -0.3 is 14.2 Å². The van der Waals surface area contributed by atoms with Gasteiger partial charge in [-0.1, -0.05) is 6.07 Å². The Morgan fingerprint density at radius 3 is 2.57 bits per heavy atom. The maximum Gasteiger partial charge on any atom is 0.326 e. The third kappa shape index (κ3) is 5.27. The fourth-order valence-electron chi connectivity index (χ4n) is 1.96. The summed E-state index contributed by atoms with van der Waals surface area (Å²) in [6.07, 6.45) is 2.21. The van der Waals surface area contributed by atoms with Crippen LogP contribution in [-0.4, -0.2) is 37.9 Å². The zero-order chi connectivity index (χ0) is 15.1. The highest BCUT2D eigenvalue weighted by Crippen LogP contribution is 2.21. The summed E-state index contributed by atoms with van der Waals surface area (Å²) in [6, 6.07) is 7.41. The van der Waals surface area contributed by atoms with Crippen LogP contribution in [0.1, 0.15) is 26.7 Å². The van der Waals surface area contributed by atoms with Crippen LogP contribution < -0.4 is 14.8 Å². The minimum atomic E-state index is -0.423. The fourth-order valence-corrected chi connectivity index (χ4v) is 1.96. The van der Waals surface area contributed by atoms with Gasteiger partial charge in [0.2, 0.25) is 0 Å². The highest BCUT2D eigenvalue weighted by atomic mass is 16.5. The van der Waals surface area contributed by atoms with Gasteiger partial charge in [0, 0.05) is 12.1 Å². The van der Waals surface area contributed by atoms with Gasteiger partial charge in [-0.2, -0.15) is 0 Å². The lowest BCUT2D eigenvalue weighted by Crippen LogP contribution is -2.43. The van der Waals surface area contributed by atoms with Crippen molar-refractivity contribution in [3.05, 3.63) is 24.3 Å². The average molecular weight is 293 g/mol. The van der Waals surface area contributed by atoms with E-state index in [9.17, 15) is 4.79 Å². The molecule has 0 aliphatic heterocycles. The molecule has 0 heterocycles. The molecule has 0 amide bonds. The first-order valence-electron chi connectivity index (χ1n) is 7.51. The molecular weight excluding hydrogens is 270 g/mol. The topological polar surface area (TPSA) is 56.8 Å². The van der Waals surface area contributed by atoms with Gasteiger partial charge in [0.25, 0.3) is 0 Å². The number of esters is 1. The monoisotopic (exact) mass is 293 g/mol. The number of benzene rings is 1. The van der Waals surface area contributed by atoms with E-state index >= 15 is 0 Å². The molecule has 1 aromatic rings. The zero-order valence-corrected chi connectivity index (χ0v) is 12.6. The molecule has 5 heteroatoms. The Balaban J connectivity index is 1.90. The second kappa shape index (κ2) is 7.88. The van der Waals surface area contributed by atoms with E-state index in [4.69, 9.17) is 14.2 Å². The number of carbonyl (C=O) groups is 1. The van der Waals surface area contributed by atoms with E-state index in [0.29, 0.717) is 25.0 Å². The Morgan fingerprint density at radius 2 is 1.95 bits per heavy atom. The lowest BCUT2D eigenvalue weighted by Gasteiger charge is -2.18. The number of carbonyl (C=O) groups excluding carboxylic acids is 1. The van der Waals surface area contributed by atoms with Crippen molar-refractivity contribution in [3.63, 3.8) is 0 Å². The molecule has 21 heavy (non-hydrogen) atoms. The Labute approximate surface area is 125 Å². The molecule has 1 aliphatic carbocycles. The predicted molar refractivity (Wildman–Crippen MR) is 79.7 cm³/mol. The van der Waals surface area contributed by atoms with Crippen molar-refractivity contribution in [2.24, 2.45) is 0 Å². The first-order chi connectivity index (χ1) is 10.2. The van der Waals surface area contributed by atoms with Crippen molar-refractivity contribution in [1.29, 1.82) is 0 Å². The molecule has 0 bridgehead atoms. The summed E-state index contributed by atoms with van der Waals surface area (Å²) >= 11 is 0. The normalized spacial score (nSPS) is 15.3. The third-order valence-electron chi connectivity index (χ3n) is 3.12. The molecule has 0 spiro atoms.